The highest BCUT2D eigenvalue weighted by Crippen LogP contribution is 2.25. The molecule has 0 N–H and O–H groups in total. The third kappa shape index (κ3) is 3.11. The summed E-state index contributed by atoms with van der Waals surface area (Å²) in [4.78, 5) is 11.9. The third-order valence-electron chi connectivity index (χ3n) is 5.79. The Morgan fingerprint density at radius 3 is 2.81 bits per heavy atom. The number of likely N-dealkylation sites (tertiary alicyclic amines) is 1. The van der Waals surface area contributed by atoms with E-state index in [1.54, 1.807) is 0 Å². The molecule has 7 nitrogen and oxygen atoms in total. The Hall–Kier alpha value is -1.96. The van der Waals surface area contributed by atoms with Crippen molar-refractivity contribution in [1.29, 1.82) is 0 Å². The summed E-state index contributed by atoms with van der Waals surface area (Å²) < 4.78 is 11.0. The van der Waals surface area contributed by atoms with Crippen molar-refractivity contribution in [1.82, 2.24) is 19.9 Å². The molecule has 2 aromatic rings. The van der Waals surface area contributed by atoms with Gasteiger partial charge in [0.25, 0.3) is 0 Å². The van der Waals surface area contributed by atoms with E-state index in [1.165, 1.54) is 5.56 Å². The Labute approximate surface area is 153 Å². The summed E-state index contributed by atoms with van der Waals surface area (Å²) in [6, 6.07) is 6.80. The molecule has 138 valence electrons. The van der Waals surface area contributed by atoms with Crippen LogP contribution in [0.25, 0.3) is 0 Å². The van der Waals surface area contributed by atoms with Crippen LogP contribution in [0.2, 0.25) is 0 Å². The fourth-order valence-electron chi connectivity index (χ4n) is 4.18. The van der Waals surface area contributed by atoms with Crippen molar-refractivity contribution >= 4 is 5.82 Å². The molecule has 3 aliphatic rings. The maximum atomic E-state index is 5.55. The van der Waals surface area contributed by atoms with Crippen LogP contribution in [-0.2, 0) is 24.3 Å². The predicted octanol–water partition coefficient (Wildman–Crippen LogP) is 1.15. The Morgan fingerprint density at radius 2 is 2.00 bits per heavy atom. The first-order chi connectivity index (χ1) is 12.9. The fraction of sp³-hybridized carbons (Fsp3) is 0.579. The Bertz CT molecular complexity index is 736. The molecule has 3 aliphatic heterocycles. The maximum Gasteiger partial charge on any atom is 0.144 e. The van der Waals surface area contributed by atoms with E-state index in [2.05, 4.69) is 37.0 Å². The average Bonchev–Trinajstić information content (AvgIpc) is 3.08. The number of fused-ring (bicyclic) bond motifs is 1. The monoisotopic (exact) mass is 355 g/mol. The van der Waals surface area contributed by atoms with Gasteiger partial charge < -0.3 is 14.2 Å². The molecule has 26 heavy (non-hydrogen) atoms. The van der Waals surface area contributed by atoms with E-state index < -0.39 is 0 Å². The molecule has 0 atom stereocenters. The van der Waals surface area contributed by atoms with Gasteiger partial charge in [-0.15, -0.1) is 0 Å². The van der Waals surface area contributed by atoms with Crippen LogP contribution in [0.15, 0.2) is 28.9 Å². The first-order valence-electron chi connectivity index (χ1n) is 9.53. The van der Waals surface area contributed by atoms with Crippen LogP contribution < -0.4 is 4.90 Å². The number of ether oxygens (including phenoxy) is 1. The Morgan fingerprint density at radius 1 is 1.12 bits per heavy atom. The number of aromatic nitrogens is 2. The van der Waals surface area contributed by atoms with E-state index in [9.17, 15) is 0 Å². The summed E-state index contributed by atoms with van der Waals surface area (Å²) in [6.07, 6.45) is 2.73. The zero-order valence-electron chi connectivity index (χ0n) is 15.0. The van der Waals surface area contributed by atoms with Gasteiger partial charge in [-0.2, -0.15) is 0 Å². The van der Waals surface area contributed by atoms with Gasteiger partial charge in [-0.3, -0.25) is 9.80 Å². The second-order valence-electron chi connectivity index (χ2n) is 7.39. The number of pyridine rings is 1. The molecule has 0 radical (unpaired) electrons. The molecule has 0 bridgehead atoms. The third-order valence-corrected chi connectivity index (χ3v) is 5.79. The van der Waals surface area contributed by atoms with Crippen LogP contribution in [0.1, 0.15) is 17.0 Å². The SMILES string of the molecule is c1ccc(N2CCN(C3CN(Cc4noc5c4COCC5)C3)CC2)nc1. The van der Waals surface area contributed by atoms with E-state index in [1.807, 2.05) is 12.3 Å². The molecule has 2 aromatic heterocycles. The van der Waals surface area contributed by atoms with Gasteiger partial charge in [-0.25, -0.2) is 4.98 Å². The highest BCUT2D eigenvalue weighted by molar-refractivity contribution is 5.38. The number of anilines is 1. The maximum absolute atomic E-state index is 5.55. The lowest BCUT2D eigenvalue weighted by atomic mass is 10.0. The molecule has 5 heterocycles. The van der Waals surface area contributed by atoms with Gasteiger partial charge in [0.1, 0.15) is 17.3 Å². The summed E-state index contributed by atoms with van der Waals surface area (Å²) >= 11 is 0. The lowest BCUT2D eigenvalue weighted by molar-refractivity contribution is 0.0237. The number of piperazine rings is 1. The Kier molecular flexibility index (Phi) is 4.36. The molecular weight excluding hydrogens is 330 g/mol. The van der Waals surface area contributed by atoms with E-state index >= 15 is 0 Å². The summed E-state index contributed by atoms with van der Waals surface area (Å²) in [6.45, 7) is 8.86. The molecule has 0 aliphatic carbocycles. The topological polar surface area (TPSA) is 57.9 Å². The molecule has 2 fully saturated rings. The van der Waals surface area contributed by atoms with Crippen molar-refractivity contribution in [2.45, 2.75) is 25.6 Å². The molecular formula is C19H25N5O2. The molecule has 0 aromatic carbocycles. The summed E-state index contributed by atoms with van der Waals surface area (Å²) in [7, 11) is 0. The van der Waals surface area contributed by atoms with Crippen molar-refractivity contribution < 1.29 is 9.26 Å². The smallest absolute Gasteiger partial charge is 0.144 e. The van der Waals surface area contributed by atoms with Crippen LogP contribution in [-0.4, -0.2) is 71.9 Å². The lowest BCUT2D eigenvalue weighted by Gasteiger charge is -2.48. The van der Waals surface area contributed by atoms with E-state index in [0.717, 1.165) is 76.1 Å². The molecule has 0 saturated carbocycles. The van der Waals surface area contributed by atoms with Gasteiger partial charge in [0, 0.05) is 70.0 Å². The lowest BCUT2D eigenvalue weighted by Crippen LogP contribution is -2.62. The van der Waals surface area contributed by atoms with Gasteiger partial charge in [-0.1, -0.05) is 11.2 Å². The highest BCUT2D eigenvalue weighted by atomic mass is 16.5. The summed E-state index contributed by atoms with van der Waals surface area (Å²) in [5.74, 6) is 2.12. The van der Waals surface area contributed by atoms with Gasteiger partial charge in [0.05, 0.1) is 13.2 Å². The van der Waals surface area contributed by atoms with Gasteiger partial charge in [-0.05, 0) is 12.1 Å². The van der Waals surface area contributed by atoms with Crippen LogP contribution in [0.3, 0.4) is 0 Å². The van der Waals surface area contributed by atoms with Crippen LogP contribution in [0, 0.1) is 0 Å². The highest BCUT2D eigenvalue weighted by Gasteiger charge is 2.34. The number of hydrogen-bond donors (Lipinski definition) is 0. The first-order valence-corrected chi connectivity index (χ1v) is 9.53. The molecule has 2 saturated heterocycles. The van der Waals surface area contributed by atoms with E-state index in [0.29, 0.717) is 12.6 Å². The molecule has 5 rings (SSSR count). The van der Waals surface area contributed by atoms with Gasteiger partial charge >= 0.3 is 0 Å². The molecule has 7 heteroatoms. The largest absolute Gasteiger partial charge is 0.376 e. The summed E-state index contributed by atoms with van der Waals surface area (Å²) in [5, 5.41) is 4.28. The molecule has 0 unspecified atom stereocenters. The number of nitrogens with zero attached hydrogens (tertiary/aromatic N) is 5. The second kappa shape index (κ2) is 6.98. The van der Waals surface area contributed by atoms with Crippen LogP contribution >= 0.6 is 0 Å². The quantitative estimate of drug-likeness (QED) is 0.815. The van der Waals surface area contributed by atoms with Crippen molar-refractivity contribution in [3.05, 3.63) is 41.4 Å². The van der Waals surface area contributed by atoms with Crippen molar-refractivity contribution in [2.75, 3.05) is 50.8 Å². The first kappa shape index (κ1) is 16.2. The van der Waals surface area contributed by atoms with Crippen LogP contribution in [0.4, 0.5) is 5.82 Å². The fourth-order valence-corrected chi connectivity index (χ4v) is 4.18. The average molecular weight is 355 g/mol. The van der Waals surface area contributed by atoms with Crippen molar-refractivity contribution in [2.24, 2.45) is 0 Å². The Balaban J connectivity index is 1.11. The van der Waals surface area contributed by atoms with Crippen molar-refractivity contribution in [3.8, 4) is 0 Å². The van der Waals surface area contributed by atoms with E-state index in [4.69, 9.17) is 9.26 Å². The second-order valence-corrected chi connectivity index (χ2v) is 7.39. The normalized spacial score (nSPS) is 22.2. The van der Waals surface area contributed by atoms with Gasteiger partial charge in [0.2, 0.25) is 0 Å². The zero-order valence-corrected chi connectivity index (χ0v) is 15.0. The minimum absolute atomic E-state index is 0.654. The molecule has 0 spiro atoms. The minimum atomic E-state index is 0.654. The minimum Gasteiger partial charge on any atom is -0.376 e. The van der Waals surface area contributed by atoms with E-state index in [-0.39, 0.29) is 0 Å². The number of rotatable bonds is 4. The molecule has 0 amide bonds. The standard InChI is InChI=1S/C19H25N5O2/c1-2-5-20-19(3-1)24-8-6-23(7-9-24)15-11-22(12-15)13-17-16-14-25-10-4-18(16)26-21-17/h1-3,5,15H,4,6-14H2. The predicted molar refractivity (Wildman–Crippen MR) is 97.0 cm³/mol. The van der Waals surface area contributed by atoms with Crippen LogP contribution in [0.5, 0.6) is 0 Å². The number of hydrogen-bond acceptors (Lipinski definition) is 7. The van der Waals surface area contributed by atoms with Crippen molar-refractivity contribution in [3.63, 3.8) is 0 Å². The van der Waals surface area contributed by atoms with Gasteiger partial charge in [0.15, 0.2) is 0 Å². The summed E-state index contributed by atoms with van der Waals surface area (Å²) in [5.41, 5.74) is 2.25. The zero-order chi connectivity index (χ0) is 17.3.